The molecule has 0 atom stereocenters. The predicted octanol–water partition coefficient (Wildman–Crippen LogP) is 3.63. The second kappa shape index (κ2) is 11.0. The standard InChI is InChI=1S/C26H28Cl2N8O2/c1-16(37)30-13-17-12-18(6-7-22(17)35-10-8-29-9-11-35)32-26-31-14-19-24(33-26)34(2)15-36(25(19)38)23-20(27)4-3-5-21(23)28/h3-7,12,14,29H,8-11,13,15H2,1-2H3,(H,30,37)(H,31,32,33). The van der Waals surface area contributed by atoms with E-state index in [1.807, 2.05) is 30.1 Å². The van der Waals surface area contributed by atoms with E-state index >= 15 is 0 Å². The number of hydrogen-bond donors (Lipinski definition) is 3. The summed E-state index contributed by atoms with van der Waals surface area (Å²) in [6, 6.07) is 11.1. The second-order valence-corrected chi connectivity index (χ2v) is 10.0. The molecule has 0 spiro atoms. The normalized spacial score (nSPS) is 15.4. The number of para-hydroxylation sites is 1. The number of aromatic nitrogens is 2. The quantitative estimate of drug-likeness (QED) is 0.424. The summed E-state index contributed by atoms with van der Waals surface area (Å²) in [6.45, 7) is 5.75. The lowest BCUT2D eigenvalue weighted by atomic mass is 10.1. The third-order valence-corrected chi connectivity index (χ3v) is 7.10. The molecule has 1 saturated heterocycles. The van der Waals surface area contributed by atoms with Gasteiger partial charge in [-0.05, 0) is 35.9 Å². The van der Waals surface area contributed by atoms with Crippen LogP contribution >= 0.6 is 23.2 Å². The van der Waals surface area contributed by atoms with E-state index in [1.54, 1.807) is 18.2 Å². The van der Waals surface area contributed by atoms with Crippen LogP contribution in [0.15, 0.2) is 42.6 Å². The molecule has 2 aromatic carbocycles. The molecule has 10 nitrogen and oxygen atoms in total. The highest BCUT2D eigenvalue weighted by atomic mass is 35.5. The van der Waals surface area contributed by atoms with Gasteiger partial charge in [-0.1, -0.05) is 29.3 Å². The molecule has 0 unspecified atom stereocenters. The number of fused-ring (bicyclic) bond motifs is 1. The van der Waals surface area contributed by atoms with Crippen molar-refractivity contribution >= 4 is 63.8 Å². The van der Waals surface area contributed by atoms with Gasteiger partial charge in [-0.2, -0.15) is 4.98 Å². The smallest absolute Gasteiger partial charge is 0.265 e. The van der Waals surface area contributed by atoms with Crippen molar-refractivity contribution in [1.29, 1.82) is 0 Å². The summed E-state index contributed by atoms with van der Waals surface area (Å²) in [7, 11) is 1.84. The van der Waals surface area contributed by atoms with Crippen molar-refractivity contribution in [3.63, 3.8) is 0 Å². The molecule has 2 aliphatic heterocycles. The number of piperazine rings is 1. The van der Waals surface area contributed by atoms with Crippen molar-refractivity contribution in [1.82, 2.24) is 20.6 Å². The van der Waals surface area contributed by atoms with E-state index in [9.17, 15) is 9.59 Å². The Bertz CT molecular complexity index is 1360. The number of nitrogens with zero attached hydrogens (tertiary/aromatic N) is 5. The lowest BCUT2D eigenvalue weighted by molar-refractivity contribution is -0.119. The number of benzene rings is 2. The highest BCUT2D eigenvalue weighted by molar-refractivity contribution is 6.40. The fourth-order valence-corrected chi connectivity index (χ4v) is 5.25. The third-order valence-electron chi connectivity index (χ3n) is 6.49. The van der Waals surface area contributed by atoms with Gasteiger partial charge in [0.05, 0.1) is 22.4 Å². The predicted molar refractivity (Wildman–Crippen MR) is 151 cm³/mol. The highest BCUT2D eigenvalue weighted by Gasteiger charge is 2.32. The van der Waals surface area contributed by atoms with Gasteiger partial charge in [0.15, 0.2) is 0 Å². The van der Waals surface area contributed by atoms with Crippen molar-refractivity contribution < 1.29 is 9.59 Å². The molecule has 2 aliphatic rings. The van der Waals surface area contributed by atoms with E-state index in [-0.39, 0.29) is 18.5 Å². The van der Waals surface area contributed by atoms with Crippen molar-refractivity contribution in [2.75, 3.05) is 59.9 Å². The van der Waals surface area contributed by atoms with Gasteiger partial charge in [-0.3, -0.25) is 14.5 Å². The minimum atomic E-state index is -0.280. The molecular formula is C26H28Cl2N8O2. The summed E-state index contributed by atoms with van der Waals surface area (Å²) in [6.07, 6.45) is 1.51. The Balaban J connectivity index is 1.40. The summed E-state index contributed by atoms with van der Waals surface area (Å²) in [5.74, 6) is 0.487. The van der Waals surface area contributed by atoms with Gasteiger partial charge in [0.2, 0.25) is 11.9 Å². The second-order valence-electron chi connectivity index (χ2n) is 9.19. The Morgan fingerprint density at radius 3 is 2.58 bits per heavy atom. The Morgan fingerprint density at radius 1 is 1.13 bits per heavy atom. The van der Waals surface area contributed by atoms with Crippen molar-refractivity contribution in [3.8, 4) is 0 Å². The Labute approximate surface area is 230 Å². The van der Waals surface area contributed by atoms with Crippen molar-refractivity contribution in [2.45, 2.75) is 13.5 Å². The lowest BCUT2D eigenvalue weighted by Crippen LogP contribution is -2.46. The molecular weight excluding hydrogens is 527 g/mol. The molecule has 1 fully saturated rings. The number of rotatable bonds is 6. The van der Waals surface area contributed by atoms with Gasteiger partial charge < -0.3 is 25.8 Å². The van der Waals surface area contributed by atoms with E-state index in [0.717, 1.165) is 43.1 Å². The molecule has 0 radical (unpaired) electrons. The van der Waals surface area contributed by atoms with Crippen LogP contribution in [0.4, 0.5) is 28.8 Å². The Morgan fingerprint density at radius 2 is 1.87 bits per heavy atom. The number of anilines is 5. The third kappa shape index (κ3) is 5.33. The van der Waals surface area contributed by atoms with Crippen LogP contribution in [0, 0.1) is 0 Å². The number of nitrogens with one attached hydrogen (secondary N) is 3. The zero-order valence-corrected chi connectivity index (χ0v) is 22.6. The van der Waals surface area contributed by atoms with Gasteiger partial charge in [0.25, 0.3) is 5.91 Å². The van der Waals surface area contributed by atoms with Gasteiger partial charge in [0, 0.05) is 64.3 Å². The average molecular weight is 555 g/mol. The molecule has 2 amide bonds. The molecule has 5 rings (SSSR count). The van der Waals surface area contributed by atoms with Gasteiger partial charge in [-0.15, -0.1) is 0 Å². The van der Waals surface area contributed by atoms with Crippen LogP contribution < -0.4 is 30.7 Å². The fraction of sp³-hybridized carbons (Fsp3) is 0.308. The summed E-state index contributed by atoms with van der Waals surface area (Å²) in [5, 5.41) is 10.3. The largest absolute Gasteiger partial charge is 0.369 e. The molecule has 1 aromatic heterocycles. The van der Waals surface area contributed by atoms with Crippen LogP contribution in [0.2, 0.25) is 10.0 Å². The SMILES string of the molecule is CC(=O)NCc1cc(Nc2ncc3c(n2)N(C)CN(c2c(Cl)cccc2Cl)C3=O)ccc1N1CCNCC1. The van der Waals surface area contributed by atoms with E-state index in [2.05, 4.69) is 30.8 Å². The van der Waals surface area contributed by atoms with Gasteiger partial charge in [0.1, 0.15) is 11.4 Å². The molecule has 12 heteroatoms. The molecule has 198 valence electrons. The first-order chi connectivity index (χ1) is 18.3. The van der Waals surface area contributed by atoms with Crippen LogP contribution in [0.5, 0.6) is 0 Å². The van der Waals surface area contributed by atoms with Crippen molar-refractivity contribution in [2.24, 2.45) is 0 Å². The Kier molecular flexibility index (Phi) is 7.55. The first-order valence-corrected chi connectivity index (χ1v) is 13.0. The van der Waals surface area contributed by atoms with Crippen molar-refractivity contribution in [3.05, 3.63) is 63.8 Å². The number of carbonyl (C=O) groups is 2. The minimum absolute atomic E-state index is 0.0903. The summed E-state index contributed by atoms with van der Waals surface area (Å²) in [5.41, 5.74) is 3.65. The minimum Gasteiger partial charge on any atom is -0.369 e. The molecule has 38 heavy (non-hydrogen) atoms. The van der Waals surface area contributed by atoms with E-state index < -0.39 is 0 Å². The van der Waals surface area contributed by atoms with Crippen LogP contribution in [0.3, 0.4) is 0 Å². The van der Waals surface area contributed by atoms with E-state index in [0.29, 0.717) is 39.6 Å². The van der Waals surface area contributed by atoms with E-state index in [1.165, 1.54) is 18.0 Å². The summed E-state index contributed by atoms with van der Waals surface area (Å²) in [4.78, 5) is 39.7. The lowest BCUT2D eigenvalue weighted by Gasteiger charge is -2.35. The van der Waals surface area contributed by atoms with Crippen LogP contribution in [-0.4, -0.2) is 61.7 Å². The van der Waals surface area contributed by atoms with Gasteiger partial charge >= 0.3 is 0 Å². The van der Waals surface area contributed by atoms with Crippen LogP contribution in [0.25, 0.3) is 0 Å². The monoisotopic (exact) mass is 554 g/mol. The average Bonchev–Trinajstić information content (AvgIpc) is 2.90. The zero-order valence-electron chi connectivity index (χ0n) is 21.1. The Hall–Kier alpha value is -3.60. The summed E-state index contributed by atoms with van der Waals surface area (Å²) >= 11 is 12.7. The number of carbonyl (C=O) groups excluding carboxylic acids is 2. The molecule has 3 aromatic rings. The fourth-order valence-electron chi connectivity index (χ4n) is 4.65. The zero-order chi connectivity index (χ0) is 26.8. The maximum absolute atomic E-state index is 13.3. The maximum atomic E-state index is 13.3. The first kappa shape index (κ1) is 26.0. The molecule has 0 aliphatic carbocycles. The summed E-state index contributed by atoms with van der Waals surface area (Å²) < 4.78 is 0. The molecule has 0 bridgehead atoms. The highest BCUT2D eigenvalue weighted by Crippen LogP contribution is 2.37. The molecule has 0 saturated carbocycles. The molecule has 3 N–H and O–H groups in total. The topological polar surface area (TPSA) is 106 Å². The number of amides is 2. The molecule has 3 heterocycles. The number of halogens is 2. The first-order valence-electron chi connectivity index (χ1n) is 12.3. The number of hydrogen-bond acceptors (Lipinski definition) is 8. The maximum Gasteiger partial charge on any atom is 0.265 e. The van der Waals surface area contributed by atoms with Crippen LogP contribution in [-0.2, 0) is 11.3 Å². The van der Waals surface area contributed by atoms with Gasteiger partial charge in [-0.25, -0.2) is 4.98 Å². The van der Waals surface area contributed by atoms with E-state index in [4.69, 9.17) is 23.2 Å². The van der Waals surface area contributed by atoms with Crippen LogP contribution in [0.1, 0.15) is 22.8 Å².